The number of pyridine rings is 1. The molecule has 1 aliphatic heterocycles. The summed E-state index contributed by atoms with van der Waals surface area (Å²) in [5.41, 5.74) is 3.67. The van der Waals surface area contributed by atoms with Gasteiger partial charge in [-0.3, -0.25) is 9.78 Å². The molecular weight excluding hydrogens is 378 g/mol. The average molecular weight is 406 g/mol. The lowest BCUT2D eigenvalue weighted by molar-refractivity contribution is -0.122. The van der Waals surface area contributed by atoms with Crippen molar-refractivity contribution in [1.29, 1.82) is 0 Å². The Kier molecular flexibility index (Phi) is 7.29. The Labute approximate surface area is 166 Å². The zero-order chi connectivity index (χ0) is 20.9. The molecule has 0 aliphatic carbocycles. The van der Waals surface area contributed by atoms with Crippen molar-refractivity contribution in [2.24, 2.45) is 0 Å². The molecule has 1 unspecified atom stereocenters. The molecule has 1 fully saturated rings. The fourth-order valence-electron chi connectivity index (χ4n) is 3.32. The van der Waals surface area contributed by atoms with Crippen LogP contribution in [0.3, 0.4) is 0 Å². The monoisotopic (exact) mass is 405 g/mol. The van der Waals surface area contributed by atoms with Crippen LogP contribution in [-0.4, -0.2) is 67.4 Å². The van der Waals surface area contributed by atoms with E-state index in [0.29, 0.717) is 4.90 Å². The van der Waals surface area contributed by atoms with Crippen molar-refractivity contribution < 1.29 is 18.3 Å². The Hall–Kier alpha value is -2.29. The molecule has 1 aromatic carbocycles. The minimum absolute atomic E-state index is 0.0156. The lowest BCUT2D eigenvalue weighted by Crippen LogP contribution is -2.38. The van der Waals surface area contributed by atoms with Gasteiger partial charge in [0.2, 0.25) is 10.0 Å². The molecule has 1 saturated heterocycles. The Morgan fingerprint density at radius 1 is 1.21 bits per heavy atom. The number of likely N-dealkylation sites (N-methyl/N-ethyl adjacent to an activating group) is 2. The van der Waals surface area contributed by atoms with Crippen molar-refractivity contribution in [3.05, 3.63) is 47.8 Å². The van der Waals surface area contributed by atoms with Crippen LogP contribution in [0.15, 0.2) is 41.6 Å². The summed E-state index contributed by atoms with van der Waals surface area (Å²) in [5, 5.41) is 6.89. The third-order valence-electron chi connectivity index (χ3n) is 5.12. The maximum absolute atomic E-state index is 13.4. The van der Waals surface area contributed by atoms with Crippen LogP contribution in [0.2, 0.25) is 0 Å². The topological polar surface area (TPSA) is 90.8 Å². The van der Waals surface area contributed by atoms with Crippen molar-refractivity contribution in [2.45, 2.75) is 31.2 Å². The van der Waals surface area contributed by atoms with E-state index in [-0.39, 0.29) is 12.5 Å². The van der Waals surface area contributed by atoms with Crippen molar-refractivity contribution in [2.75, 3.05) is 27.2 Å². The highest BCUT2D eigenvalue weighted by atomic mass is 32.2. The second kappa shape index (κ2) is 9.27. The Morgan fingerprint density at radius 2 is 1.79 bits per heavy atom. The first kappa shape index (κ1) is 22.0. The van der Waals surface area contributed by atoms with E-state index < -0.39 is 10.0 Å². The number of sulfonamides is 1. The number of hydrogen-bond donors (Lipinski definition) is 1. The van der Waals surface area contributed by atoms with Crippen molar-refractivity contribution >= 4 is 16.5 Å². The largest absolute Gasteiger partial charge is 0.483 e. The third-order valence-corrected chi connectivity index (χ3v) is 7.07. The summed E-state index contributed by atoms with van der Waals surface area (Å²) in [4.78, 5) is 14.9. The fraction of sp³-hybridized carbons (Fsp3) is 0.400. The van der Waals surface area contributed by atoms with E-state index in [1.165, 1.54) is 0 Å². The lowest BCUT2D eigenvalue weighted by atomic mass is 10.0. The van der Waals surface area contributed by atoms with Crippen LogP contribution in [0.1, 0.15) is 17.5 Å². The second-order valence-corrected chi connectivity index (χ2v) is 8.97. The average Bonchev–Trinajstić information content (AvgIpc) is 3.10. The van der Waals surface area contributed by atoms with Gasteiger partial charge in [-0.25, -0.2) is 8.42 Å². The summed E-state index contributed by atoms with van der Waals surface area (Å²) in [7, 11) is 0.148. The first-order chi connectivity index (χ1) is 13.2. The molecule has 0 bridgehead atoms. The van der Waals surface area contributed by atoms with Crippen LogP contribution in [-0.2, 0) is 14.8 Å². The number of benzene rings is 1. The molecule has 3 rings (SSSR count). The van der Waals surface area contributed by atoms with E-state index in [9.17, 15) is 8.42 Å². The molecule has 1 aliphatic rings. The zero-order valence-electron chi connectivity index (χ0n) is 16.7. The van der Waals surface area contributed by atoms with Crippen molar-refractivity contribution in [3.8, 4) is 11.1 Å². The Bertz CT molecular complexity index is 917. The molecule has 2 heterocycles. The predicted octanol–water partition coefficient (Wildman–Crippen LogP) is 2.39. The Morgan fingerprint density at radius 3 is 2.32 bits per heavy atom. The van der Waals surface area contributed by atoms with Gasteiger partial charge in [0.1, 0.15) is 0 Å². The van der Waals surface area contributed by atoms with E-state index in [2.05, 4.69) is 9.88 Å². The van der Waals surface area contributed by atoms with Gasteiger partial charge in [-0.1, -0.05) is 0 Å². The number of likely N-dealkylation sites (tertiary alicyclic amines) is 1. The molecule has 0 radical (unpaired) electrons. The van der Waals surface area contributed by atoms with Crippen molar-refractivity contribution in [3.63, 3.8) is 0 Å². The van der Waals surface area contributed by atoms with Crippen molar-refractivity contribution in [1.82, 2.24) is 14.2 Å². The number of nitrogens with zero attached hydrogens (tertiary/aromatic N) is 3. The molecule has 7 nitrogen and oxygen atoms in total. The number of carboxylic acid groups (broad SMARTS) is 1. The molecule has 0 saturated carbocycles. The smallest absolute Gasteiger partial charge is 0.290 e. The summed E-state index contributed by atoms with van der Waals surface area (Å²) in [6, 6.07) is 7.49. The minimum atomic E-state index is -3.58. The molecule has 2 aromatic rings. The van der Waals surface area contributed by atoms with Crippen LogP contribution < -0.4 is 0 Å². The first-order valence-electron chi connectivity index (χ1n) is 8.98. The number of aromatic nitrogens is 1. The summed E-state index contributed by atoms with van der Waals surface area (Å²) in [6.07, 6.45) is 4.24. The van der Waals surface area contributed by atoms with E-state index in [1.807, 2.05) is 39.1 Å². The maximum atomic E-state index is 13.4. The first-order valence-corrected chi connectivity index (χ1v) is 10.4. The number of aryl methyl sites for hydroxylation is 2. The standard InChI is InChI=1S/C19H25N3O2S.CH2O2/c1-14-11-18(16-5-8-20-9-6-16)19(12-15(14)2)25(23,24)22(4)17-7-10-21(3)13-17;2-1-3/h5-6,8-9,11-12,17H,7,10,13H2,1-4H3;1H,(H,2,3). The van der Waals surface area contributed by atoms with Gasteiger partial charge in [-0.05, 0) is 74.8 Å². The quantitative estimate of drug-likeness (QED) is 0.786. The highest BCUT2D eigenvalue weighted by molar-refractivity contribution is 7.89. The fourth-order valence-corrected chi connectivity index (χ4v) is 4.98. The van der Waals surface area contributed by atoms with Crippen LogP contribution in [0.4, 0.5) is 0 Å². The molecular formula is C20H27N3O4S. The van der Waals surface area contributed by atoms with E-state index in [4.69, 9.17) is 9.90 Å². The highest BCUT2D eigenvalue weighted by Crippen LogP contribution is 2.33. The van der Waals surface area contributed by atoms with Gasteiger partial charge in [-0.15, -0.1) is 0 Å². The van der Waals surface area contributed by atoms with Crippen LogP contribution >= 0.6 is 0 Å². The number of rotatable bonds is 4. The van der Waals surface area contributed by atoms with Gasteiger partial charge < -0.3 is 10.0 Å². The third kappa shape index (κ3) is 4.76. The van der Waals surface area contributed by atoms with Gasteiger partial charge in [0.25, 0.3) is 6.47 Å². The highest BCUT2D eigenvalue weighted by Gasteiger charge is 2.33. The van der Waals surface area contributed by atoms with E-state index in [0.717, 1.165) is 41.8 Å². The molecule has 8 heteroatoms. The van der Waals surface area contributed by atoms with Gasteiger partial charge >= 0.3 is 0 Å². The number of hydrogen-bond acceptors (Lipinski definition) is 5. The van der Waals surface area contributed by atoms with Gasteiger partial charge in [-0.2, -0.15) is 4.31 Å². The Balaban J connectivity index is 0.000000878. The second-order valence-electron chi connectivity index (χ2n) is 7.00. The predicted molar refractivity (Wildman–Crippen MR) is 109 cm³/mol. The normalized spacial score (nSPS) is 17.2. The minimum Gasteiger partial charge on any atom is -0.483 e. The van der Waals surface area contributed by atoms with Crippen LogP contribution in [0.25, 0.3) is 11.1 Å². The van der Waals surface area contributed by atoms with Gasteiger partial charge in [0, 0.05) is 37.6 Å². The SMILES string of the molecule is Cc1cc(-c2ccncc2)c(S(=O)(=O)N(C)C2CCN(C)C2)cc1C.O=CO. The molecule has 1 aromatic heterocycles. The molecule has 1 atom stereocenters. The molecule has 1 N–H and O–H groups in total. The lowest BCUT2D eigenvalue weighted by Gasteiger charge is -2.25. The van der Waals surface area contributed by atoms with E-state index >= 15 is 0 Å². The van der Waals surface area contributed by atoms with Crippen LogP contribution in [0.5, 0.6) is 0 Å². The zero-order valence-corrected chi connectivity index (χ0v) is 17.5. The van der Waals surface area contributed by atoms with E-state index in [1.54, 1.807) is 29.8 Å². The molecule has 0 spiro atoms. The summed E-state index contributed by atoms with van der Waals surface area (Å²) in [6.45, 7) is 5.40. The van der Waals surface area contributed by atoms with Gasteiger partial charge in [0.05, 0.1) is 4.90 Å². The number of carbonyl (C=O) groups is 1. The van der Waals surface area contributed by atoms with Gasteiger partial charge in [0.15, 0.2) is 0 Å². The molecule has 28 heavy (non-hydrogen) atoms. The molecule has 152 valence electrons. The molecule has 0 amide bonds. The summed E-state index contributed by atoms with van der Waals surface area (Å²) >= 11 is 0. The maximum Gasteiger partial charge on any atom is 0.290 e. The summed E-state index contributed by atoms with van der Waals surface area (Å²) in [5.74, 6) is 0. The van der Waals surface area contributed by atoms with Crippen LogP contribution in [0, 0.1) is 13.8 Å². The summed E-state index contributed by atoms with van der Waals surface area (Å²) < 4.78 is 28.3.